The van der Waals surface area contributed by atoms with Crippen molar-refractivity contribution in [2.24, 2.45) is 5.92 Å². The summed E-state index contributed by atoms with van der Waals surface area (Å²) in [6.45, 7) is 6.41. The Hall–Kier alpha value is -0.370. The van der Waals surface area contributed by atoms with E-state index >= 15 is 0 Å². The largest absolute Gasteiger partial charge is 0.374 e. The maximum Gasteiger partial charge on any atom is 0.140 e. The Balaban J connectivity index is 2.57. The smallest absolute Gasteiger partial charge is 0.140 e. The van der Waals surface area contributed by atoms with Crippen LogP contribution in [0.1, 0.15) is 27.2 Å². The van der Waals surface area contributed by atoms with Gasteiger partial charge in [-0.3, -0.25) is 4.79 Å². The van der Waals surface area contributed by atoms with Gasteiger partial charge in [0.1, 0.15) is 5.78 Å². The van der Waals surface area contributed by atoms with E-state index in [1.807, 2.05) is 20.8 Å². The van der Waals surface area contributed by atoms with Crippen molar-refractivity contribution < 1.29 is 9.53 Å². The molecule has 1 aliphatic heterocycles. The van der Waals surface area contributed by atoms with E-state index in [0.29, 0.717) is 18.8 Å². The number of hydrogen-bond acceptors (Lipinski definition) is 2. The van der Waals surface area contributed by atoms with E-state index < -0.39 is 0 Å². The van der Waals surface area contributed by atoms with Crippen molar-refractivity contribution in [1.29, 1.82) is 0 Å². The second kappa shape index (κ2) is 2.35. The molecule has 0 bridgehead atoms. The van der Waals surface area contributed by atoms with Crippen LogP contribution in [0.25, 0.3) is 0 Å². The van der Waals surface area contributed by atoms with Crippen molar-refractivity contribution in [2.75, 3.05) is 6.61 Å². The average molecular weight is 142 g/mol. The third-order valence-electron chi connectivity index (χ3n) is 1.87. The maximum absolute atomic E-state index is 11.1. The summed E-state index contributed by atoms with van der Waals surface area (Å²) in [7, 11) is 0. The van der Waals surface area contributed by atoms with Crippen LogP contribution < -0.4 is 0 Å². The van der Waals surface area contributed by atoms with Gasteiger partial charge in [0.25, 0.3) is 0 Å². The SMILES string of the molecule is C[C@H]1COC(C)(C)CC1=O. The van der Waals surface area contributed by atoms with Crippen LogP contribution in [0.3, 0.4) is 0 Å². The minimum Gasteiger partial charge on any atom is -0.374 e. The zero-order valence-corrected chi connectivity index (χ0v) is 6.81. The zero-order valence-electron chi connectivity index (χ0n) is 6.81. The lowest BCUT2D eigenvalue weighted by Crippen LogP contribution is -2.38. The first-order valence-corrected chi connectivity index (χ1v) is 3.68. The Morgan fingerprint density at radius 1 is 1.60 bits per heavy atom. The molecular formula is C8H14O2. The summed E-state index contributed by atoms with van der Waals surface area (Å²) in [5, 5.41) is 0. The Bertz CT molecular complexity index is 149. The van der Waals surface area contributed by atoms with Crippen molar-refractivity contribution >= 4 is 5.78 Å². The van der Waals surface area contributed by atoms with E-state index in [2.05, 4.69) is 0 Å². The van der Waals surface area contributed by atoms with E-state index in [9.17, 15) is 4.79 Å². The minimum atomic E-state index is -0.219. The highest BCUT2D eigenvalue weighted by molar-refractivity contribution is 5.82. The van der Waals surface area contributed by atoms with Gasteiger partial charge in [0.15, 0.2) is 0 Å². The fourth-order valence-electron chi connectivity index (χ4n) is 1.09. The molecule has 0 radical (unpaired) electrons. The number of ketones is 1. The Kier molecular flexibility index (Phi) is 1.82. The molecule has 0 N–H and O–H groups in total. The molecule has 0 aromatic heterocycles. The highest BCUT2D eigenvalue weighted by Gasteiger charge is 2.31. The molecule has 58 valence electrons. The Morgan fingerprint density at radius 2 is 2.20 bits per heavy atom. The predicted molar refractivity (Wildman–Crippen MR) is 38.8 cm³/mol. The van der Waals surface area contributed by atoms with Crippen molar-refractivity contribution in [3.8, 4) is 0 Å². The molecule has 0 amide bonds. The number of carbonyl (C=O) groups is 1. The second-order valence-electron chi connectivity index (χ2n) is 3.61. The van der Waals surface area contributed by atoms with Crippen LogP contribution in [-0.2, 0) is 9.53 Å². The van der Waals surface area contributed by atoms with Gasteiger partial charge in [-0.2, -0.15) is 0 Å². The summed E-state index contributed by atoms with van der Waals surface area (Å²) in [6.07, 6.45) is 0.564. The topological polar surface area (TPSA) is 26.3 Å². The fraction of sp³-hybridized carbons (Fsp3) is 0.875. The van der Waals surface area contributed by atoms with Gasteiger partial charge in [0.2, 0.25) is 0 Å². The summed E-state index contributed by atoms with van der Waals surface area (Å²) in [5.41, 5.74) is -0.219. The highest BCUT2D eigenvalue weighted by atomic mass is 16.5. The molecule has 0 unspecified atom stereocenters. The molecule has 10 heavy (non-hydrogen) atoms. The Labute approximate surface area is 61.6 Å². The third-order valence-corrected chi connectivity index (χ3v) is 1.87. The summed E-state index contributed by atoms with van der Waals surface area (Å²) < 4.78 is 5.43. The summed E-state index contributed by atoms with van der Waals surface area (Å²) in [6, 6.07) is 0. The molecule has 0 aliphatic carbocycles. The molecule has 2 nitrogen and oxygen atoms in total. The number of ether oxygens (including phenoxy) is 1. The quantitative estimate of drug-likeness (QED) is 0.511. The van der Waals surface area contributed by atoms with Crippen LogP contribution in [-0.4, -0.2) is 18.0 Å². The van der Waals surface area contributed by atoms with Crippen molar-refractivity contribution in [2.45, 2.75) is 32.8 Å². The van der Waals surface area contributed by atoms with Crippen LogP contribution in [0.4, 0.5) is 0 Å². The summed E-state index contributed by atoms with van der Waals surface area (Å²) >= 11 is 0. The molecule has 1 fully saturated rings. The standard InChI is InChI=1S/C8H14O2/c1-6-5-10-8(2,3)4-7(6)9/h6H,4-5H2,1-3H3/t6-/m0/s1. The van der Waals surface area contributed by atoms with E-state index in [1.54, 1.807) is 0 Å². The normalized spacial score (nSPS) is 32.3. The lowest BCUT2D eigenvalue weighted by atomic mass is 9.91. The van der Waals surface area contributed by atoms with E-state index in [1.165, 1.54) is 0 Å². The Morgan fingerprint density at radius 3 is 2.60 bits per heavy atom. The van der Waals surface area contributed by atoms with E-state index in [4.69, 9.17) is 4.74 Å². The third kappa shape index (κ3) is 1.57. The number of Topliss-reactive ketones (excluding diaryl/α,β-unsaturated/α-hetero) is 1. The first kappa shape index (κ1) is 7.73. The van der Waals surface area contributed by atoms with Crippen molar-refractivity contribution in [3.63, 3.8) is 0 Å². The summed E-state index contributed by atoms with van der Waals surface area (Å²) in [5.74, 6) is 0.435. The summed E-state index contributed by atoms with van der Waals surface area (Å²) in [4.78, 5) is 11.1. The zero-order chi connectivity index (χ0) is 7.78. The van der Waals surface area contributed by atoms with Crippen LogP contribution in [0, 0.1) is 5.92 Å². The van der Waals surface area contributed by atoms with Gasteiger partial charge in [0, 0.05) is 12.3 Å². The molecule has 1 heterocycles. The monoisotopic (exact) mass is 142 g/mol. The van der Waals surface area contributed by atoms with Crippen LogP contribution in [0.15, 0.2) is 0 Å². The molecule has 0 aromatic carbocycles. The molecule has 0 aromatic rings. The molecule has 1 rings (SSSR count). The van der Waals surface area contributed by atoms with Gasteiger partial charge < -0.3 is 4.74 Å². The molecule has 1 saturated heterocycles. The first-order chi connectivity index (χ1) is 4.51. The van der Waals surface area contributed by atoms with Gasteiger partial charge in [-0.05, 0) is 13.8 Å². The minimum absolute atomic E-state index is 0.105. The maximum atomic E-state index is 11.1. The van der Waals surface area contributed by atoms with Crippen LogP contribution >= 0.6 is 0 Å². The first-order valence-electron chi connectivity index (χ1n) is 3.68. The van der Waals surface area contributed by atoms with Crippen LogP contribution in [0.5, 0.6) is 0 Å². The average Bonchev–Trinajstić information content (AvgIpc) is 1.79. The molecular weight excluding hydrogens is 128 g/mol. The molecule has 2 heteroatoms. The predicted octanol–water partition coefficient (Wildman–Crippen LogP) is 1.39. The van der Waals surface area contributed by atoms with E-state index in [-0.39, 0.29) is 11.5 Å². The number of carbonyl (C=O) groups excluding carboxylic acids is 1. The highest BCUT2D eigenvalue weighted by Crippen LogP contribution is 2.23. The molecule has 0 saturated carbocycles. The molecule has 1 aliphatic rings. The molecule has 1 atom stereocenters. The van der Waals surface area contributed by atoms with Crippen LogP contribution in [0.2, 0.25) is 0 Å². The van der Waals surface area contributed by atoms with Crippen molar-refractivity contribution in [1.82, 2.24) is 0 Å². The van der Waals surface area contributed by atoms with E-state index in [0.717, 1.165) is 0 Å². The number of hydrogen-bond donors (Lipinski definition) is 0. The van der Waals surface area contributed by atoms with Gasteiger partial charge in [0.05, 0.1) is 12.2 Å². The lowest BCUT2D eigenvalue weighted by Gasteiger charge is -2.32. The van der Waals surface area contributed by atoms with Gasteiger partial charge in [-0.25, -0.2) is 0 Å². The molecule has 0 spiro atoms. The van der Waals surface area contributed by atoms with Gasteiger partial charge in [-0.15, -0.1) is 0 Å². The number of rotatable bonds is 0. The fourth-order valence-corrected chi connectivity index (χ4v) is 1.09. The van der Waals surface area contributed by atoms with Gasteiger partial charge in [-0.1, -0.05) is 6.92 Å². The van der Waals surface area contributed by atoms with Crippen molar-refractivity contribution in [3.05, 3.63) is 0 Å². The van der Waals surface area contributed by atoms with Gasteiger partial charge >= 0.3 is 0 Å². The lowest BCUT2D eigenvalue weighted by molar-refractivity contribution is -0.143. The second-order valence-corrected chi connectivity index (χ2v) is 3.61.